The first-order valence-electron chi connectivity index (χ1n) is 12.4. The third kappa shape index (κ3) is 7.32. The number of hydrazone groups is 1. The summed E-state index contributed by atoms with van der Waals surface area (Å²) in [6, 6.07) is 26.5. The predicted molar refractivity (Wildman–Crippen MR) is 153 cm³/mol. The number of fused-ring (bicyclic) bond motifs is 1. The van der Waals surface area contributed by atoms with E-state index in [-0.39, 0.29) is 10.8 Å². The van der Waals surface area contributed by atoms with Crippen LogP contribution in [-0.2, 0) is 6.54 Å². The maximum absolute atomic E-state index is 12.4. The number of amides is 1. The summed E-state index contributed by atoms with van der Waals surface area (Å²) >= 11 is 5.89. The van der Waals surface area contributed by atoms with Gasteiger partial charge in [-0.2, -0.15) is 5.10 Å². The number of hydrogen-bond acceptors (Lipinski definition) is 6. The van der Waals surface area contributed by atoms with Crippen LogP contribution in [0.4, 0.5) is 0 Å². The van der Waals surface area contributed by atoms with Gasteiger partial charge in [-0.1, -0.05) is 66.2 Å². The van der Waals surface area contributed by atoms with Crippen LogP contribution in [0.3, 0.4) is 0 Å². The number of carbonyl (C=O) groups excluding carboxylic acids is 1. The van der Waals surface area contributed by atoms with Gasteiger partial charge in [-0.3, -0.25) is 9.69 Å². The number of nitrogens with one attached hydrogen (secondary N) is 2. The summed E-state index contributed by atoms with van der Waals surface area (Å²) in [7, 11) is 1.96. The molecule has 0 atom stereocenters. The lowest BCUT2D eigenvalue weighted by molar-refractivity contribution is 0.0955. The molecule has 4 aromatic rings. The van der Waals surface area contributed by atoms with Crippen molar-refractivity contribution in [2.45, 2.75) is 6.54 Å². The largest absolute Gasteiger partial charge is 0.506 e. The molecule has 0 aromatic heterocycles. The van der Waals surface area contributed by atoms with Crippen LogP contribution in [-0.4, -0.2) is 55.4 Å². The normalized spacial score (nSPS) is 11.3. The standard InChI is InChI=1S/C30H31ClN4O3/c1-32-15-16-35(21-22-7-3-2-4-8-22)17-18-38-29-14-12-24(25-9-5-6-10-26(25)29)20-33-34-30(37)23-11-13-28(36)27(31)19-23/h2-14,19-20,32,36H,15-18,21H2,1H3,(H,34,37)/b33-20+. The highest BCUT2D eigenvalue weighted by Crippen LogP contribution is 2.28. The molecule has 4 rings (SSSR count). The van der Waals surface area contributed by atoms with E-state index in [0.29, 0.717) is 12.2 Å². The fourth-order valence-electron chi connectivity index (χ4n) is 4.07. The van der Waals surface area contributed by atoms with E-state index < -0.39 is 5.91 Å². The van der Waals surface area contributed by atoms with E-state index in [2.05, 4.69) is 45.0 Å². The number of halogens is 1. The van der Waals surface area contributed by atoms with E-state index >= 15 is 0 Å². The molecule has 1 amide bonds. The topological polar surface area (TPSA) is 86.2 Å². The van der Waals surface area contributed by atoms with Crippen molar-refractivity contribution in [3.05, 3.63) is 107 Å². The van der Waals surface area contributed by atoms with Crippen molar-refractivity contribution in [1.82, 2.24) is 15.6 Å². The Morgan fingerprint density at radius 1 is 1.00 bits per heavy atom. The Labute approximate surface area is 227 Å². The Balaban J connectivity index is 1.41. The monoisotopic (exact) mass is 530 g/mol. The van der Waals surface area contributed by atoms with Crippen LogP contribution in [0, 0.1) is 0 Å². The van der Waals surface area contributed by atoms with Gasteiger partial charge in [-0.05, 0) is 48.3 Å². The molecule has 7 nitrogen and oxygen atoms in total. The maximum atomic E-state index is 12.4. The number of nitrogens with zero attached hydrogens (tertiary/aromatic N) is 2. The van der Waals surface area contributed by atoms with Crippen molar-refractivity contribution < 1.29 is 14.6 Å². The number of ether oxygens (including phenoxy) is 1. The summed E-state index contributed by atoms with van der Waals surface area (Å²) in [4.78, 5) is 14.8. The zero-order valence-corrected chi connectivity index (χ0v) is 22.0. The molecule has 0 radical (unpaired) electrons. The van der Waals surface area contributed by atoms with Crippen molar-refractivity contribution in [3.8, 4) is 11.5 Å². The molecular formula is C30H31ClN4O3. The number of carbonyl (C=O) groups is 1. The fourth-order valence-corrected chi connectivity index (χ4v) is 4.25. The van der Waals surface area contributed by atoms with Crippen LogP contribution in [0.5, 0.6) is 11.5 Å². The minimum Gasteiger partial charge on any atom is -0.506 e. The molecule has 4 aromatic carbocycles. The Kier molecular flexibility index (Phi) is 9.70. The van der Waals surface area contributed by atoms with Gasteiger partial charge >= 0.3 is 0 Å². The van der Waals surface area contributed by atoms with Crippen molar-refractivity contribution in [3.63, 3.8) is 0 Å². The zero-order valence-electron chi connectivity index (χ0n) is 21.2. The number of hydrogen-bond donors (Lipinski definition) is 3. The first-order valence-corrected chi connectivity index (χ1v) is 12.8. The van der Waals surface area contributed by atoms with Crippen molar-refractivity contribution in [2.75, 3.05) is 33.3 Å². The number of phenols is 1. The number of rotatable bonds is 12. The first-order chi connectivity index (χ1) is 18.5. The molecule has 0 fully saturated rings. The summed E-state index contributed by atoms with van der Waals surface area (Å²) in [5.74, 6) is 0.293. The van der Waals surface area contributed by atoms with E-state index in [9.17, 15) is 9.90 Å². The van der Waals surface area contributed by atoms with Crippen LogP contribution in [0.2, 0.25) is 5.02 Å². The van der Waals surface area contributed by atoms with Gasteiger partial charge in [0.15, 0.2) is 0 Å². The molecule has 38 heavy (non-hydrogen) atoms. The summed E-state index contributed by atoms with van der Waals surface area (Å²) < 4.78 is 6.23. The second-order valence-electron chi connectivity index (χ2n) is 8.78. The highest BCUT2D eigenvalue weighted by molar-refractivity contribution is 6.32. The molecule has 0 saturated carbocycles. The van der Waals surface area contributed by atoms with Crippen molar-refractivity contribution in [2.24, 2.45) is 5.10 Å². The predicted octanol–water partition coefficient (Wildman–Crippen LogP) is 5.06. The van der Waals surface area contributed by atoms with Gasteiger partial charge in [0.25, 0.3) is 5.91 Å². The minimum absolute atomic E-state index is 0.0811. The van der Waals surface area contributed by atoms with E-state index in [1.807, 2.05) is 49.5 Å². The number of benzene rings is 4. The maximum Gasteiger partial charge on any atom is 0.271 e. The van der Waals surface area contributed by atoms with Gasteiger partial charge in [0.05, 0.1) is 11.2 Å². The van der Waals surface area contributed by atoms with E-state index in [0.717, 1.165) is 48.3 Å². The van der Waals surface area contributed by atoms with Crippen LogP contribution in [0.1, 0.15) is 21.5 Å². The molecule has 0 saturated heterocycles. The molecule has 3 N–H and O–H groups in total. The van der Waals surface area contributed by atoms with Gasteiger partial charge in [0, 0.05) is 42.7 Å². The van der Waals surface area contributed by atoms with Crippen molar-refractivity contribution in [1.29, 1.82) is 0 Å². The van der Waals surface area contributed by atoms with E-state index in [1.54, 1.807) is 6.21 Å². The Morgan fingerprint density at radius 3 is 2.53 bits per heavy atom. The number of aromatic hydroxyl groups is 1. The summed E-state index contributed by atoms with van der Waals surface area (Å²) in [6.07, 6.45) is 1.60. The number of phenolic OH excluding ortho intramolecular Hbond substituents is 1. The molecule has 0 bridgehead atoms. The highest BCUT2D eigenvalue weighted by atomic mass is 35.5. The Hall–Kier alpha value is -3.91. The van der Waals surface area contributed by atoms with E-state index in [4.69, 9.17) is 16.3 Å². The second kappa shape index (κ2) is 13.6. The van der Waals surface area contributed by atoms with Gasteiger partial charge < -0.3 is 15.2 Å². The highest BCUT2D eigenvalue weighted by Gasteiger charge is 2.10. The summed E-state index contributed by atoms with van der Waals surface area (Å²) in [5, 5.41) is 18.9. The third-order valence-electron chi connectivity index (χ3n) is 6.09. The minimum atomic E-state index is -0.425. The number of likely N-dealkylation sites (N-methyl/N-ethyl adjacent to an activating group) is 1. The van der Waals surface area contributed by atoms with Crippen LogP contribution < -0.4 is 15.5 Å². The van der Waals surface area contributed by atoms with Gasteiger partial charge in [0.1, 0.15) is 18.1 Å². The third-order valence-corrected chi connectivity index (χ3v) is 6.39. The molecule has 0 aliphatic rings. The smallest absolute Gasteiger partial charge is 0.271 e. The Bertz CT molecular complexity index is 1400. The van der Waals surface area contributed by atoms with Crippen molar-refractivity contribution >= 4 is 34.5 Å². The lowest BCUT2D eigenvalue weighted by Crippen LogP contribution is -2.33. The SMILES string of the molecule is CNCCN(CCOc1ccc(/C=N/NC(=O)c2ccc(O)c(Cl)c2)c2ccccc12)Cc1ccccc1. The molecule has 8 heteroatoms. The molecule has 196 valence electrons. The second-order valence-corrected chi connectivity index (χ2v) is 9.18. The lowest BCUT2D eigenvalue weighted by Gasteiger charge is -2.22. The fraction of sp³-hybridized carbons (Fsp3) is 0.200. The molecular weight excluding hydrogens is 500 g/mol. The van der Waals surface area contributed by atoms with Gasteiger partial charge in [-0.25, -0.2) is 5.43 Å². The zero-order chi connectivity index (χ0) is 26.7. The quantitative estimate of drug-likeness (QED) is 0.176. The van der Waals surface area contributed by atoms with Crippen LogP contribution in [0.25, 0.3) is 10.8 Å². The average molecular weight is 531 g/mol. The summed E-state index contributed by atoms with van der Waals surface area (Å²) in [6.45, 7) is 4.04. The first kappa shape index (κ1) is 27.1. The molecule has 0 aliphatic carbocycles. The molecule has 0 spiro atoms. The van der Waals surface area contributed by atoms with Gasteiger partial charge in [-0.15, -0.1) is 0 Å². The summed E-state index contributed by atoms with van der Waals surface area (Å²) in [5.41, 5.74) is 4.93. The molecule has 0 unspecified atom stereocenters. The molecule has 0 aliphatic heterocycles. The average Bonchev–Trinajstić information content (AvgIpc) is 2.94. The lowest BCUT2D eigenvalue weighted by atomic mass is 10.0. The van der Waals surface area contributed by atoms with E-state index in [1.165, 1.54) is 23.8 Å². The molecule has 0 heterocycles. The van der Waals surface area contributed by atoms with Crippen LogP contribution >= 0.6 is 11.6 Å². The van der Waals surface area contributed by atoms with Gasteiger partial charge in [0.2, 0.25) is 0 Å². The van der Waals surface area contributed by atoms with Crippen LogP contribution in [0.15, 0.2) is 90.0 Å². The Morgan fingerprint density at radius 2 is 1.76 bits per heavy atom.